The second kappa shape index (κ2) is 8.77. The lowest BCUT2D eigenvalue weighted by molar-refractivity contribution is 0.108. The largest absolute Gasteiger partial charge is 0.368 e. The van der Waals surface area contributed by atoms with Crippen LogP contribution in [0.25, 0.3) is 10.9 Å². The van der Waals surface area contributed by atoms with Crippen molar-refractivity contribution < 1.29 is 0 Å². The highest BCUT2D eigenvalue weighted by Crippen LogP contribution is 2.33. The molecule has 2 atom stereocenters. The van der Waals surface area contributed by atoms with Gasteiger partial charge in [-0.15, -0.1) is 0 Å². The monoisotopic (exact) mass is 453 g/mol. The third kappa shape index (κ3) is 3.72. The van der Waals surface area contributed by atoms with Crippen molar-refractivity contribution in [1.29, 1.82) is 5.26 Å². The zero-order chi connectivity index (χ0) is 23.1. The smallest absolute Gasteiger partial charge is 0.130 e. The van der Waals surface area contributed by atoms with E-state index in [0.717, 1.165) is 62.5 Å². The number of pyridine rings is 2. The van der Waals surface area contributed by atoms with Crippen LogP contribution in [0.4, 0.5) is 17.2 Å². The number of anilines is 3. The molecule has 0 saturated carbocycles. The first-order valence-electron chi connectivity index (χ1n) is 12.5. The first-order valence-corrected chi connectivity index (χ1v) is 12.5. The normalized spacial score (nSPS) is 23.2. The Bertz CT molecular complexity index is 1230. The molecule has 3 saturated heterocycles. The summed E-state index contributed by atoms with van der Waals surface area (Å²) in [5.41, 5.74) is 3.91. The Morgan fingerprint density at radius 2 is 1.74 bits per heavy atom. The zero-order valence-corrected chi connectivity index (χ0v) is 19.8. The summed E-state index contributed by atoms with van der Waals surface area (Å²) >= 11 is 0. The van der Waals surface area contributed by atoms with Gasteiger partial charge in [0.1, 0.15) is 11.9 Å². The van der Waals surface area contributed by atoms with E-state index in [1.54, 1.807) is 6.20 Å². The van der Waals surface area contributed by atoms with E-state index in [2.05, 4.69) is 66.8 Å². The van der Waals surface area contributed by atoms with E-state index in [-0.39, 0.29) is 0 Å². The molecule has 34 heavy (non-hydrogen) atoms. The van der Waals surface area contributed by atoms with Gasteiger partial charge in [0.15, 0.2) is 0 Å². The molecule has 0 radical (unpaired) electrons. The topological polar surface area (TPSA) is 62.5 Å². The number of hydrogen-bond donors (Lipinski definition) is 0. The fourth-order valence-corrected chi connectivity index (χ4v) is 6.04. The predicted octanol–water partition coefficient (Wildman–Crippen LogP) is 3.50. The first kappa shape index (κ1) is 21.2. The molecule has 2 unspecified atom stereocenters. The molecule has 6 rings (SSSR count). The van der Waals surface area contributed by atoms with Crippen LogP contribution in [0.5, 0.6) is 0 Å². The third-order valence-corrected chi connectivity index (χ3v) is 7.74. The number of rotatable bonds is 3. The molecule has 3 aliphatic rings. The molecule has 3 aliphatic heterocycles. The number of fused-ring (bicyclic) bond motifs is 2. The molecule has 0 aliphatic carbocycles. The summed E-state index contributed by atoms with van der Waals surface area (Å²) in [7, 11) is 0. The maximum atomic E-state index is 9.54. The molecule has 0 spiro atoms. The number of nitrogens with zero attached hydrogens (tertiary/aromatic N) is 7. The minimum Gasteiger partial charge on any atom is -0.368 e. The number of benzene rings is 1. The van der Waals surface area contributed by atoms with Gasteiger partial charge < -0.3 is 14.7 Å². The minimum atomic E-state index is 0.447. The Morgan fingerprint density at radius 3 is 2.59 bits per heavy atom. The van der Waals surface area contributed by atoms with Crippen molar-refractivity contribution >= 4 is 28.1 Å². The average Bonchev–Trinajstić information content (AvgIpc) is 3.43. The van der Waals surface area contributed by atoms with E-state index < -0.39 is 0 Å². The molecule has 0 amide bonds. The molecule has 174 valence electrons. The summed E-state index contributed by atoms with van der Waals surface area (Å²) in [4.78, 5) is 19.3. The summed E-state index contributed by atoms with van der Waals surface area (Å²) in [6.45, 7) is 9.68. The van der Waals surface area contributed by atoms with Crippen LogP contribution in [0.2, 0.25) is 0 Å². The van der Waals surface area contributed by atoms with E-state index in [1.165, 1.54) is 24.2 Å². The van der Waals surface area contributed by atoms with Crippen molar-refractivity contribution in [2.75, 3.05) is 60.5 Å². The lowest BCUT2D eigenvalue weighted by Gasteiger charge is -2.51. The van der Waals surface area contributed by atoms with Gasteiger partial charge in [0, 0.05) is 93.1 Å². The van der Waals surface area contributed by atoms with E-state index in [4.69, 9.17) is 0 Å². The lowest BCUT2D eigenvalue weighted by atomic mass is 10.0. The summed E-state index contributed by atoms with van der Waals surface area (Å²) in [5, 5.41) is 10.6. The van der Waals surface area contributed by atoms with Gasteiger partial charge in [0.05, 0.1) is 11.1 Å². The van der Waals surface area contributed by atoms with Gasteiger partial charge in [-0.2, -0.15) is 5.26 Å². The summed E-state index contributed by atoms with van der Waals surface area (Å²) in [5.74, 6) is 1.12. The van der Waals surface area contributed by atoms with Gasteiger partial charge >= 0.3 is 0 Å². The second-order valence-corrected chi connectivity index (χ2v) is 9.80. The van der Waals surface area contributed by atoms with Crippen molar-refractivity contribution in [3.63, 3.8) is 0 Å². The lowest BCUT2D eigenvalue weighted by Crippen LogP contribution is -2.65. The quantitative estimate of drug-likeness (QED) is 0.601. The molecule has 3 fully saturated rings. The fraction of sp³-hybridized carbons (Fsp3) is 0.444. The summed E-state index contributed by atoms with van der Waals surface area (Å²) < 4.78 is 0. The van der Waals surface area contributed by atoms with Crippen LogP contribution >= 0.6 is 0 Å². The molecule has 7 heteroatoms. The second-order valence-electron chi connectivity index (χ2n) is 9.80. The molecule has 1 aromatic carbocycles. The van der Waals surface area contributed by atoms with E-state index >= 15 is 0 Å². The number of nitriles is 1. The highest BCUT2D eigenvalue weighted by atomic mass is 15.4. The maximum Gasteiger partial charge on any atom is 0.130 e. The number of aromatic nitrogens is 2. The minimum absolute atomic E-state index is 0.447. The highest BCUT2D eigenvalue weighted by Gasteiger charge is 2.37. The SMILES string of the molecule is CC1CN(c2ccc(C#N)c3ncccc23)CC2CN(c3ccnc(N4CCCC4)c3)CCN12. The predicted molar refractivity (Wildman–Crippen MR) is 137 cm³/mol. The Hall–Kier alpha value is -3.37. The summed E-state index contributed by atoms with van der Waals surface area (Å²) in [6, 6.07) is 15.8. The Balaban J connectivity index is 1.26. The Morgan fingerprint density at radius 1 is 0.882 bits per heavy atom. The van der Waals surface area contributed by atoms with Crippen LogP contribution in [-0.2, 0) is 0 Å². The molecular formula is C27H31N7. The number of piperazine rings is 2. The Labute approximate surface area is 201 Å². The zero-order valence-electron chi connectivity index (χ0n) is 19.8. The average molecular weight is 454 g/mol. The van der Waals surface area contributed by atoms with Crippen molar-refractivity contribution in [1.82, 2.24) is 14.9 Å². The van der Waals surface area contributed by atoms with Gasteiger partial charge in [-0.3, -0.25) is 9.88 Å². The Kier molecular flexibility index (Phi) is 5.46. The van der Waals surface area contributed by atoms with Crippen molar-refractivity contribution in [3.8, 4) is 6.07 Å². The van der Waals surface area contributed by atoms with E-state index in [9.17, 15) is 5.26 Å². The van der Waals surface area contributed by atoms with Crippen LogP contribution in [0.1, 0.15) is 25.3 Å². The standard InChI is InChI=1S/C27H31N7/c1-20-17-33(25-7-6-21(16-28)27-24(25)5-4-9-30-27)19-23-18-32(13-14-34(20)23)22-8-10-29-26(15-22)31-11-2-3-12-31/h4-10,15,20,23H,2-3,11-14,17-19H2,1H3. The first-order chi connectivity index (χ1) is 16.7. The van der Waals surface area contributed by atoms with Crippen molar-refractivity contribution in [2.45, 2.75) is 31.8 Å². The molecular weight excluding hydrogens is 422 g/mol. The molecule has 0 bridgehead atoms. The molecule has 5 heterocycles. The van der Waals surface area contributed by atoms with Gasteiger partial charge in [-0.1, -0.05) is 0 Å². The van der Waals surface area contributed by atoms with Gasteiger partial charge in [0.25, 0.3) is 0 Å². The fourth-order valence-electron chi connectivity index (χ4n) is 6.04. The maximum absolute atomic E-state index is 9.54. The van der Waals surface area contributed by atoms with E-state index in [1.807, 2.05) is 18.3 Å². The van der Waals surface area contributed by atoms with Crippen molar-refractivity contribution in [2.24, 2.45) is 0 Å². The highest BCUT2D eigenvalue weighted by molar-refractivity contribution is 5.95. The van der Waals surface area contributed by atoms with Gasteiger partial charge in [-0.05, 0) is 50.1 Å². The molecule has 0 N–H and O–H groups in total. The van der Waals surface area contributed by atoms with Crippen LogP contribution in [0.3, 0.4) is 0 Å². The van der Waals surface area contributed by atoms with Crippen LogP contribution < -0.4 is 14.7 Å². The van der Waals surface area contributed by atoms with Gasteiger partial charge in [0.2, 0.25) is 0 Å². The number of hydrogen-bond acceptors (Lipinski definition) is 7. The third-order valence-electron chi connectivity index (χ3n) is 7.74. The van der Waals surface area contributed by atoms with E-state index in [0.29, 0.717) is 17.6 Å². The van der Waals surface area contributed by atoms with Gasteiger partial charge in [-0.25, -0.2) is 4.98 Å². The summed E-state index contributed by atoms with van der Waals surface area (Å²) in [6.07, 6.45) is 6.28. The van der Waals surface area contributed by atoms with Crippen LogP contribution in [-0.4, -0.2) is 72.8 Å². The van der Waals surface area contributed by atoms with Crippen molar-refractivity contribution in [3.05, 3.63) is 54.4 Å². The molecule has 2 aromatic heterocycles. The van der Waals surface area contributed by atoms with Crippen LogP contribution in [0, 0.1) is 11.3 Å². The van der Waals surface area contributed by atoms with Crippen LogP contribution in [0.15, 0.2) is 48.8 Å². The molecule has 7 nitrogen and oxygen atoms in total. The molecule has 3 aromatic rings.